The average molecular weight is 241 g/mol. The molecule has 1 fully saturated rings. The summed E-state index contributed by atoms with van der Waals surface area (Å²) in [7, 11) is 3.44. The van der Waals surface area contributed by atoms with Crippen LogP contribution in [0.1, 0.15) is 32.6 Å². The Morgan fingerprint density at radius 1 is 1.41 bits per heavy atom. The molecule has 0 radical (unpaired) electrons. The molecule has 0 aliphatic heterocycles. The van der Waals surface area contributed by atoms with Gasteiger partial charge >= 0.3 is 6.03 Å². The summed E-state index contributed by atoms with van der Waals surface area (Å²) in [6.07, 6.45) is 5.04. The topological polar surface area (TPSA) is 44.8 Å². The van der Waals surface area contributed by atoms with Crippen molar-refractivity contribution >= 4 is 6.03 Å². The lowest BCUT2D eigenvalue weighted by atomic mass is 10.1. The molecule has 5 heteroatoms. The molecule has 1 N–H and O–H groups in total. The lowest BCUT2D eigenvalue weighted by molar-refractivity contribution is -0.127. The van der Waals surface area contributed by atoms with Gasteiger partial charge in [0, 0.05) is 20.6 Å². The molecular weight excluding hydrogens is 218 g/mol. The first-order valence-corrected chi connectivity index (χ1v) is 6.08. The SMILES string of the molecule is C=C(C)ON(C)NC(=O)N(C)CC1CCCC1. The van der Waals surface area contributed by atoms with Crippen LogP contribution < -0.4 is 5.43 Å². The molecule has 5 nitrogen and oxygen atoms in total. The van der Waals surface area contributed by atoms with Gasteiger partial charge in [-0.1, -0.05) is 24.6 Å². The zero-order valence-electron chi connectivity index (χ0n) is 11.0. The molecule has 0 aromatic heterocycles. The van der Waals surface area contributed by atoms with E-state index in [-0.39, 0.29) is 6.03 Å². The molecule has 0 heterocycles. The number of urea groups is 1. The maximum atomic E-state index is 11.8. The molecule has 0 unspecified atom stereocenters. The highest BCUT2D eigenvalue weighted by atomic mass is 16.7. The number of rotatable bonds is 5. The van der Waals surface area contributed by atoms with Gasteiger partial charge < -0.3 is 9.74 Å². The number of hydrogen-bond donors (Lipinski definition) is 1. The Balaban J connectivity index is 2.27. The summed E-state index contributed by atoms with van der Waals surface area (Å²) in [4.78, 5) is 18.6. The van der Waals surface area contributed by atoms with Crippen LogP contribution in [0.15, 0.2) is 12.3 Å². The van der Waals surface area contributed by atoms with E-state index in [0.717, 1.165) is 6.54 Å². The number of nitrogens with one attached hydrogen (secondary N) is 1. The van der Waals surface area contributed by atoms with Gasteiger partial charge in [-0.3, -0.25) is 0 Å². The van der Waals surface area contributed by atoms with Crippen molar-refractivity contribution in [1.29, 1.82) is 0 Å². The van der Waals surface area contributed by atoms with Crippen molar-refractivity contribution in [3.63, 3.8) is 0 Å². The molecule has 2 amide bonds. The molecule has 98 valence electrons. The summed E-state index contributed by atoms with van der Waals surface area (Å²) in [5.74, 6) is 1.18. The minimum Gasteiger partial charge on any atom is -0.392 e. The van der Waals surface area contributed by atoms with E-state index in [4.69, 9.17) is 4.84 Å². The first-order chi connectivity index (χ1) is 7.99. The second-order valence-corrected chi connectivity index (χ2v) is 4.74. The Morgan fingerprint density at radius 2 is 2.00 bits per heavy atom. The van der Waals surface area contributed by atoms with Gasteiger partial charge in [0.15, 0.2) is 0 Å². The maximum Gasteiger partial charge on any atom is 0.334 e. The van der Waals surface area contributed by atoms with Crippen molar-refractivity contribution in [3.05, 3.63) is 12.3 Å². The molecule has 1 rings (SSSR count). The lowest BCUT2D eigenvalue weighted by Crippen LogP contribution is -2.46. The van der Waals surface area contributed by atoms with E-state index in [2.05, 4.69) is 12.0 Å². The molecule has 17 heavy (non-hydrogen) atoms. The normalized spacial score (nSPS) is 16.0. The molecule has 0 saturated heterocycles. The number of nitrogens with zero attached hydrogens (tertiary/aromatic N) is 2. The number of hydrazine groups is 1. The summed E-state index contributed by atoms with van der Waals surface area (Å²) < 4.78 is 0. The van der Waals surface area contributed by atoms with Gasteiger partial charge in [-0.05, 0) is 25.7 Å². The van der Waals surface area contributed by atoms with Gasteiger partial charge in [0.1, 0.15) is 5.76 Å². The van der Waals surface area contributed by atoms with E-state index in [1.807, 2.05) is 7.05 Å². The minimum absolute atomic E-state index is 0.152. The van der Waals surface area contributed by atoms with Crippen LogP contribution in [0.4, 0.5) is 4.79 Å². The Kier molecular flexibility index (Phi) is 5.28. The van der Waals surface area contributed by atoms with E-state index in [1.165, 1.54) is 30.9 Å². The monoisotopic (exact) mass is 241 g/mol. The number of hydroxylamine groups is 1. The average Bonchev–Trinajstić information content (AvgIpc) is 2.68. The van der Waals surface area contributed by atoms with Gasteiger partial charge in [0.2, 0.25) is 0 Å². The van der Waals surface area contributed by atoms with Gasteiger partial charge in [0.25, 0.3) is 0 Å². The van der Waals surface area contributed by atoms with E-state index >= 15 is 0 Å². The number of carbonyl (C=O) groups excluding carboxylic acids is 1. The third-order valence-electron chi connectivity index (χ3n) is 2.90. The Bertz CT molecular complexity index is 275. The summed E-state index contributed by atoms with van der Waals surface area (Å²) in [5.41, 5.74) is 2.62. The Morgan fingerprint density at radius 3 is 2.53 bits per heavy atom. The quantitative estimate of drug-likeness (QED) is 0.592. The van der Waals surface area contributed by atoms with Crippen LogP contribution >= 0.6 is 0 Å². The summed E-state index contributed by atoms with van der Waals surface area (Å²) in [6.45, 7) is 6.14. The predicted molar refractivity (Wildman–Crippen MR) is 66.8 cm³/mol. The first-order valence-electron chi connectivity index (χ1n) is 6.08. The maximum absolute atomic E-state index is 11.8. The highest BCUT2D eigenvalue weighted by molar-refractivity contribution is 5.73. The molecule has 0 aromatic rings. The standard InChI is InChI=1S/C12H23N3O2/c1-10(2)17-15(4)13-12(16)14(3)9-11-7-5-6-8-11/h11H,1,5-9H2,2-4H3,(H,13,16). The Hall–Kier alpha value is -1.23. The number of hydrogen-bond acceptors (Lipinski definition) is 3. The molecular formula is C12H23N3O2. The van der Waals surface area contributed by atoms with Crippen LogP contribution in [-0.2, 0) is 4.84 Å². The highest BCUT2D eigenvalue weighted by Crippen LogP contribution is 2.25. The second kappa shape index (κ2) is 6.49. The van der Waals surface area contributed by atoms with Crippen molar-refractivity contribution in [1.82, 2.24) is 15.5 Å². The van der Waals surface area contributed by atoms with E-state index in [9.17, 15) is 4.79 Å². The molecule has 0 atom stereocenters. The summed E-state index contributed by atoms with van der Waals surface area (Å²) in [5, 5.41) is 1.27. The zero-order valence-corrected chi connectivity index (χ0v) is 11.0. The molecule has 0 spiro atoms. The molecule has 1 saturated carbocycles. The third-order valence-corrected chi connectivity index (χ3v) is 2.90. The molecule has 0 bridgehead atoms. The first kappa shape index (κ1) is 13.8. The van der Waals surface area contributed by atoms with E-state index in [0.29, 0.717) is 11.7 Å². The number of allylic oxidation sites excluding steroid dienone is 1. The van der Waals surface area contributed by atoms with Crippen LogP contribution in [0.2, 0.25) is 0 Å². The van der Waals surface area contributed by atoms with E-state index < -0.39 is 0 Å². The van der Waals surface area contributed by atoms with Crippen LogP contribution in [0.25, 0.3) is 0 Å². The predicted octanol–water partition coefficient (Wildman–Crippen LogP) is 2.13. The van der Waals surface area contributed by atoms with Crippen LogP contribution in [0, 0.1) is 5.92 Å². The van der Waals surface area contributed by atoms with Gasteiger partial charge in [-0.2, -0.15) is 0 Å². The molecule has 1 aliphatic rings. The lowest BCUT2D eigenvalue weighted by Gasteiger charge is -2.25. The van der Waals surface area contributed by atoms with Crippen molar-refractivity contribution in [2.75, 3.05) is 20.6 Å². The van der Waals surface area contributed by atoms with Gasteiger partial charge in [0.05, 0.1) is 0 Å². The molecule has 1 aliphatic carbocycles. The fourth-order valence-electron chi connectivity index (χ4n) is 2.14. The third kappa shape index (κ3) is 5.08. The summed E-state index contributed by atoms with van der Waals surface area (Å²) >= 11 is 0. The number of carbonyl (C=O) groups is 1. The fraction of sp³-hybridized carbons (Fsp3) is 0.750. The van der Waals surface area contributed by atoms with Gasteiger partial charge in [-0.15, -0.1) is 0 Å². The molecule has 0 aromatic carbocycles. The Labute approximate surface area is 103 Å². The van der Waals surface area contributed by atoms with Crippen molar-refractivity contribution in [2.45, 2.75) is 32.6 Å². The van der Waals surface area contributed by atoms with Crippen molar-refractivity contribution < 1.29 is 9.63 Å². The largest absolute Gasteiger partial charge is 0.392 e. The van der Waals surface area contributed by atoms with Crippen molar-refractivity contribution in [2.24, 2.45) is 5.92 Å². The van der Waals surface area contributed by atoms with E-state index in [1.54, 1.807) is 18.9 Å². The summed E-state index contributed by atoms with van der Waals surface area (Å²) in [6, 6.07) is -0.152. The number of amides is 2. The van der Waals surface area contributed by atoms with Crippen LogP contribution in [0.5, 0.6) is 0 Å². The van der Waals surface area contributed by atoms with Gasteiger partial charge in [-0.25, -0.2) is 10.2 Å². The second-order valence-electron chi connectivity index (χ2n) is 4.74. The minimum atomic E-state index is -0.152. The van der Waals surface area contributed by atoms with Crippen molar-refractivity contribution in [3.8, 4) is 0 Å². The van der Waals surface area contributed by atoms with Crippen LogP contribution in [0.3, 0.4) is 0 Å². The fourth-order valence-corrected chi connectivity index (χ4v) is 2.14. The zero-order chi connectivity index (χ0) is 12.8. The van der Waals surface area contributed by atoms with Crippen LogP contribution in [-0.4, -0.2) is 36.7 Å². The highest BCUT2D eigenvalue weighted by Gasteiger charge is 2.20. The smallest absolute Gasteiger partial charge is 0.334 e.